The molecule has 0 radical (unpaired) electrons. The van der Waals surface area contributed by atoms with Crippen molar-refractivity contribution < 1.29 is 0 Å². The van der Waals surface area contributed by atoms with Crippen molar-refractivity contribution in [2.45, 2.75) is 77.0 Å². The molecule has 0 heterocycles. The average molecular weight is 256 g/mol. The minimum absolute atomic E-state index is 0.343. The second kappa shape index (κ2) is 3.65. The Kier molecular flexibility index (Phi) is 2.54. The molecule has 1 saturated carbocycles. The van der Waals surface area contributed by atoms with E-state index in [0.29, 0.717) is 16.2 Å². The fraction of sp³-hybridized carbons (Fsp3) is 0.684. The summed E-state index contributed by atoms with van der Waals surface area (Å²) in [6.45, 7) is 14.5. The van der Waals surface area contributed by atoms with Gasteiger partial charge >= 0.3 is 0 Å². The van der Waals surface area contributed by atoms with Crippen LogP contribution in [0.15, 0.2) is 18.2 Å². The lowest BCUT2D eigenvalue weighted by Crippen LogP contribution is -2.34. The van der Waals surface area contributed by atoms with Crippen LogP contribution in [-0.4, -0.2) is 0 Å². The maximum atomic E-state index is 2.54. The second-order valence-electron chi connectivity index (χ2n) is 8.55. The van der Waals surface area contributed by atoms with Gasteiger partial charge in [-0.25, -0.2) is 0 Å². The summed E-state index contributed by atoms with van der Waals surface area (Å²) in [5.74, 6) is 0.852. The van der Waals surface area contributed by atoms with Gasteiger partial charge in [0, 0.05) is 0 Å². The number of hydrogen-bond acceptors (Lipinski definition) is 0. The highest BCUT2D eigenvalue weighted by Crippen LogP contribution is 2.55. The molecule has 0 unspecified atom stereocenters. The van der Waals surface area contributed by atoms with Crippen LogP contribution in [0.3, 0.4) is 0 Å². The van der Waals surface area contributed by atoms with Crippen molar-refractivity contribution in [3.05, 3.63) is 34.9 Å². The van der Waals surface area contributed by atoms with E-state index in [4.69, 9.17) is 0 Å². The van der Waals surface area contributed by atoms with E-state index in [1.54, 1.807) is 16.7 Å². The number of fused-ring (bicyclic) bond motifs is 1. The predicted octanol–water partition coefficient (Wildman–Crippen LogP) is 5.33. The third-order valence-corrected chi connectivity index (χ3v) is 6.17. The molecule has 2 aliphatic carbocycles. The first-order valence-corrected chi connectivity index (χ1v) is 7.82. The van der Waals surface area contributed by atoms with Crippen molar-refractivity contribution >= 4 is 0 Å². The predicted molar refractivity (Wildman–Crippen MR) is 82.9 cm³/mol. The van der Waals surface area contributed by atoms with Crippen LogP contribution in [0.5, 0.6) is 0 Å². The Morgan fingerprint density at radius 2 is 1.42 bits per heavy atom. The molecule has 0 aromatic heterocycles. The van der Waals surface area contributed by atoms with Gasteiger partial charge < -0.3 is 0 Å². The Balaban J connectivity index is 2.13. The van der Waals surface area contributed by atoms with Crippen molar-refractivity contribution in [2.24, 2.45) is 5.92 Å². The van der Waals surface area contributed by atoms with E-state index in [1.165, 1.54) is 19.3 Å². The van der Waals surface area contributed by atoms with Gasteiger partial charge in [-0.1, -0.05) is 59.7 Å². The van der Waals surface area contributed by atoms with Gasteiger partial charge in [0.05, 0.1) is 0 Å². The van der Waals surface area contributed by atoms with E-state index in [-0.39, 0.29) is 0 Å². The van der Waals surface area contributed by atoms with Gasteiger partial charge in [-0.05, 0) is 58.1 Å². The molecule has 0 amide bonds. The fourth-order valence-corrected chi connectivity index (χ4v) is 3.92. The van der Waals surface area contributed by atoms with E-state index in [0.717, 1.165) is 5.92 Å². The Morgan fingerprint density at radius 3 is 1.95 bits per heavy atom. The average Bonchev–Trinajstić information content (AvgIpc) is 2.95. The molecular formula is C19H28. The van der Waals surface area contributed by atoms with Crippen LogP contribution < -0.4 is 0 Å². The summed E-state index contributed by atoms with van der Waals surface area (Å²) in [5, 5.41) is 0. The number of rotatable bonds is 1. The third kappa shape index (κ3) is 1.87. The Morgan fingerprint density at radius 1 is 0.895 bits per heavy atom. The highest BCUT2D eigenvalue weighted by Gasteiger charge is 2.48. The summed E-state index contributed by atoms with van der Waals surface area (Å²) in [5.41, 5.74) is 5.91. The van der Waals surface area contributed by atoms with Crippen molar-refractivity contribution in [1.82, 2.24) is 0 Å². The van der Waals surface area contributed by atoms with Gasteiger partial charge in [-0.2, -0.15) is 0 Å². The normalized spacial score (nSPS) is 34.7. The van der Waals surface area contributed by atoms with Gasteiger partial charge in [-0.3, -0.25) is 0 Å². The summed E-state index contributed by atoms with van der Waals surface area (Å²) in [6.07, 6.45) is 3.97. The Labute approximate surface area is 118 Å². The largest absolute Gasteiger partial charge is 0.0616 e. The molecule has 1 aromatic carbocycles. The molecule has 0 aliphatic heterocycles. The standard InChI is InChI=1S/C19H28/c1-13-12-19(13,6)14-7-8-15-16(11-14)18(4,5)10-9-17(15,2)3/h7-8,11,13H,9-10,12H2,1-6H3/t13-,19+/m0/s1. The van der Waals surface area contributed by atoms with E-state index < -0.39 is 0 Å². The van der Waals surface area contributed by atoms with E-state index >= 15 is 0 Å². The maximum absolute atomic E-state index is 2.54. The lowest BCUT2D eigenvalue weighted by molar-refractivity contribution is 0.331. The van der Waals surface area contributed by atoms with Crippen molar-refractivity contribution in [2.75, 3.05) is 0 Å². The highest BCUT2D eigenvalue weighted by atomic mass is 14.5. The zero-order valence-corrected chi connectivity index (χ0v) is 13.4. The summed E-state index contributed by atoms with van der Waals surface area (Å²) < 4.78 is 0. The zero-order valence-electron chi connectivity index (χ0n) is 13.4. The maximum Gasteiger partial charge on any atom is -0.00464 e. The molecule has 0 N–H and O–H groups in total. The zero-order chi connectivity index (χ0) is 14.1. The molecule has 0 spiro atoms. The van der Waals surface area contributed by atoms with Gasteiger partial charge in [0.15, 0.2) is 0 Å². The van der Waals surface area contributed by atoms with Gasteiger partial charge in [0.2, 0.25) is 0 Å². The molecule has 1 aromatic rings. The van der Waals surface area contributed by atoms with Crippen molar-refractivity contribution in [3.63, 3.8) is 0 Å². The summed E-state index contributed by atoms with van der Waals surface area (Å²) in [4.78, 5) is 0. The van der Waals surface area contributed by atoms with Crippen LogP contribution >= 0.6 is 0 Å². The first kappa shape index (κ1) is 13.2. The minimum atomic E-state index is 0.343. The highest BCUT2D eigenvalue weighted by molar-refractivity contribution is 5.46. The quantitative estimate of drug-likeness (QED) is 0.637. The molecule has 3 rings (SSSR count). The van der Waals surface area contributed by atoms with Crippen LogP contribution in [0.2, 0.25) is 0 Å². The summed E-state index contributed by atoms with van der Waals surface area (Å²) in [7, 11) is 0. The molecule has 104 valence electrons. The monoisotopic (exact) mass is 256 g/mol. The Bertz CT molecular complexity index is 521. The molecule has 19 heavy (non-hydrogen) atoms. The van der Waals surface area contributed by atoms with Crippen LogP contribution in [0.4, 0.5) is 0 Å². The summed E-state index contributed by atoms with van der Waals surface area (Å²) in [6, 6.07) is 7.38. The lowest BCUT2D eigenvalue weighted by Gasteiger charge is -2.42. The molecule has 0 bridgehead atoms. The molecule has 0 heteroatoms. The topological polar surface area (TPSA) is 0 Å². The van der Waals surface area contributed by atoms with Crippen molar-refractivity contribution in [1.29, 1.82) is 0 Å². The van der Waals surface area contributed by atoms with E-state index in [9.17, 15) is 0 Å². The first-order valence-electron chi connectivity index (χ1n) is 7.82. The van der Waals surface area contributed by atoms with E-state index in [1.807, 2.05) is 0 Å². The molecule has 0 nitrogen and oxygen atoms in total. The second-order valence-corrected chi connectivity index (χ2v) is 8.55. The minimum Gasteiger partial charge on any atom is -0.0616 e. The molecule has 1 fully saturated rings. The first-order chi connectivity index (χ1) is 8.67. The van der Waals surface area contributed by atoms with Gasteiger partial charge in [0.25, 0.3) is 0 Å². The fourth-order valence-electron chi connectivity index (χ4n) is 3.92. The lowest BCUT2D eigenvalue weighted by atomic mass is 9.62. The molecular weight excluding hydrogens is 228 g/mol. The molecule has 2 aliphatic rings. The Hall–Kier alpha value is -0.780. The summed E-state index contributed by atoms with van der Waals surface area (Å²) >= 11 is 0. The smallest absolute Gasteiger partial charge is 0.00464 e. The molecule has 2 atom stereocenters. The molecule has 0 saturated heterocycles. The number of hydrogen-bond donors (Lipinski definition) is 0. The van der Waals surface area contributed by atoms with Gasteiger partial charge in [-0.15, -0.1) is 0 Å². The third-order valence-electron chi connectivity index (χ3n) is 6.17. The van der Waals surface area contributed by atoms with Crippen LogP contribution in [-0.2, 0) is 16.2 Å². The SMILES string of the molecule is C[C@H]1C[C@@]1(C)c1ccc2c(c1)C(C)(C)CCC2(C)C. The van der Waals surface area contributed by atoms with Crippen molar-refractivity contribution in [3.8, 4) is 0 Å². The van der Waals surface area contributed by atoms with E-state index in [2.05, 4.69) is 59.7 Å². The van der Waals surface area contributed by atoms with Crippen LogP contribution in [0, 0.1) is 5.92 Å². The van der Waals surface area contributed by atoms with Crippen LogP contribution in [0.25, 0.3) is 0 Å². The van der Waals surface area contributed by atoms with Gasteiger partial charge in [0.1, 0.15) is 0 Å². The number of benzene rings is 1. The van der Waals surface area contributed by atoms with Crippen LogP contribution in [0.1, 0.15) is 77.5 Å².